The molecule has 0 fully saturated rings. The number of hydrogen-bond acceptors (Lipinski definition) is 9. The predicted octanol–water partition coefficient (Wildman–Crippen LogP) is 3.80. The minimum Gasteiger partial charge on any atom is -0.415 e. The topological polar surface area (TPSA) is 123 Å². The zero-order chi connectivity index (χ0) is 25.8. The fourth-order valence-electron chi connectivity index (χ4n) is 2.95. The van der Waals surface area contributed by atoms with Gasteiger partial charge in [0.05, 0.1) is 17.9 Å². The highest BCUT2D eigenvalue weighted by Crippen LogP contribution is 2.27. The summed E-state index contributed by atoms with van der Waals surface area (Å²) >= 11 is 0. The molecule has 1 atom stereocenters. The second-order valence-corrected chi connectivity index (χ2v) is 9.05. The number of ether oxygens (including phenoxy) is 1. The summed E-state index contributed by atoms with van der Waals surface area (Å²) in [4.78, 5) is 8.11. The molecule has 0 aliphatic rings. The molecule has 0 saturated carbocycles. The van der Waals surface area contributed by atoms with Gasteiger partial charge in [0.25, 0.3) is 11.8 Å². The normalized spacial score (nSPS) is 13.3. The average Bonchev–Trinajstić information content (AvgIpc) is 3.26. The Labute approximate surface area is 196 Å². The Morgan fingerprint density at radius 2 is 1.74 bits per heavy atom. The molecule has 0 saturated heterocycles. The van der Waals surface area contributed by atoms with Crippen LogP contribution in [-0.4, -0.2) is 58.6 Å². The molecule has 0 amide bonds. The smallest absolute Gasteiger partial charge is 0.415 e. The van der Waals surface area contributed by atoms with E-state index in [1.165, 1.54) is 24.5 Å². The first kappa shape index (κ1) is 26.2. The van der Waals surface area contributed by atoms with Gasteiger partial charge in [0, 0.05) is 25.5 Å². The largest absolute Gasteiger partial charge is 0.573 e. The highest BCUT2D eigenvalue weighted by Gasteiger charge is 2.31. The number of alkyl halides is 5. The van der Waals surface area contributed by atoms with Gasteiger partial charge in [0.2, 0.25) is 16.0 Å². The molecule has 0 radical (unpaired) electrons. The van der Waals surface area contributed by atoms with E-state index >= 15 is 0 Å². The molecule has 0 aliphatic carbocycles. The molecule has 35 heavy (non-hydrogen) atoms. The monoisotopic (exact) mass is 522 g/mol. The molecule has 3 rings (SSSR count). The number of nitrogens with one attached hydrogen (secondary N) is 1. The number of halogens is 5. The second kappa shape index (κ2) is 10.5. The van der Waals surface area contributed by atoms with Crippen molar-refractivity contribution in [1.82, 2.24) is 24.5 Å². The Kier molecular flexibility index (Phi) is 7.84. The van der Waals surface area contributed by atoms with E-state index in [4.69, 9.17) is 4.42 Å². The summed E-state index contributed by atoms with van der Waals surface area (Å²) in [6, 6.07) is 4.09. The first-order valence-electron chi connectivity index (χ1n) is 9.87. The van der Waals surface area contributed by atoms with Crippen molar-refractivity contribution >= 4 is 16.0 Å². The Bertz CT molecular complexity index is 1220. The quantitative estimate of drug-likeness (QED) is 0.396. The van der Waals surface area contributed by atoms with Crippen molar-refractivity contribution in [3.05, 3.63) is 48.1 Å². The van der Waals surface area contributed by atoms with Crippen molar-refractivity contribution in [3.8, 4) is 17.2 Å². The maximum atomic E-state index is 12.6. The van der Waals surface area contributed by atoms with Gasteiger partial charge in [-0.2, -0.15) is 8.78 Å². The van der Waals surface area contributed by atoms with E-state index < -0.39 is 40.5 Å². The Balaban J connectivity index is 1.84. The number of hydrogen-bond donors (Lipinski definition) is 1. The minimum absolute atomic E-state index is 0.0209. The van der Waals surface area contributed by atoms with E-state index in [1.807, 2.05) is 0 Å². The van der Waals surface area contributed by atoms with Crippen LogP contribution >= 0.6 is 0 Å². The van der Waals surface area contributed by atoms with E-state index in [0.29, 0.717) is 5.56 Å². The molecule has 1 aromatic carbocycles. The van der Waals surface area contributed by atoms with E-state index in [0.717, 1.165) is 22.7 Å². The molecular weight excluding hydrogens is 503 g/mol. The van der Waals surface area contributed by atoms with Gasteiger partial charge in [-0.3, -0.25) is 0 Å². The SMILES string of the molecule is CCN(CC(Nc1ncc(-c2nnc(C(F)F)o2)cn1)c1ccc(OC(F)(F)F)cc1)S(C)(=O)=O. The Hall–Kier alpha value is -3.40. The van der Waals surface area contributed by atoms with Crippen LogP contribution < -0.4 is 10.1 Å². The van der Waals surface area contributed by atoms with Gasteiger partial charge >= 0.3 is 12.8 Å². The van der Waals surface area contributed by atoms with Crippen LogP contribution in [0.5, 0.6) is 5.75 Å². The van der Waals surface area contributed by atoms with Gasteiger partial charge in [-0.05, 0) is 17.7 Å². The third-order valence-electron chi connectivity index (χ3n) is 4.55. The summed E-state index contributed by atoms with van der Waals surface area (Å²) in [7, 11) is -3.60. The molecule has 16 heteroatoms. The first-order chi connectivity index (χ1) is 16.4. The lowest BCUT2D eigenvalue weighted by Crippen LogP contribution is -2.36. The lowest BCUT2D eigenvalue weighted by molar-refractivity contribution is -0.274. The van der Waals surface area contributed by atoms with Crippen LogP contribution in [0, 0.1) is 0 Å². The number of anilines is 1. The summed E-state index contributed by atoms with van der Waals surface area (Å²) < 4.78 is 96.7. The minimum atomic E-state index is -4.86. The van der Waals surface area contributed by atoms with Crippen molar-refractivity contribution < 1.29 is 39.5 Å². The van der Waals surface area contributed by atoms with Crippen molar-refractivity contribution in [3.63, 3.8) is 0 Å². The van der Waals surface area contributed by atoms with E-state index in [9.17, 15) is 30.4 Å². The maximum absolute atomic E-state index is 12.6. The van der Waals surface area contributed by atoms with Crippen molar-refractivity contribution in [2.24, 2.45) is 0 Å². The zero-order valence-corrected chi connectivity index (χ0v) is 19.0. The van der Waals surface area contributed by atoms with Crippen LogP contribution in [0.25, 0.3) is 11.5 Å². The summed E-state index contributed by atoms with van der Waals surface area (Å²) in [6.07, 6.45) is -4.33. The van der Waals surface area contributed by atoms with Gasteiger partial charge in [-0.25, -0.2) is 22.7 Å². The predicted molar refractivity (Wildman–Crippen MR) is 112 cm³/mol. The molecule has 1 unspecified atom stereocenters. The van der Waals surface area contributed by atoms with Gasteiger partial charge in [-0.1, -0.05) is 19.1 Å². The summed E-state index contributed by atoms with van der Waals surface area (Å²) in [5.41, 5.74) is 0.583. The third kappa shape index (κ3) is 7.29. The number of likely N-dealkylation sites (N-methyl/N-ethyl adjacent to an activating group) is 1. The van der Waals surface area contributed by atoms with Gasteiger partial charge in [-0.15, -0.1) is 23.4 Å². The average molecular weight is 522 g/mol. The Morgan fingerprint density at radius 1 is 1.11 bits per heavy atom. The molecule has 10 nitrogen and oxygen atoms in total. The molecule has 0 spiro atoms. The van der Waals surface area contributed by atoms with Crippen LogP contribution in [0.15, 0.2) is 41.1 Å². The third-order valence-corrected chi connectivity index (χ3v) is 5.90. The zero-order valence-electron chi connectivity index (χ0n) is 18.2. The molecule has 1 N–H and O–H groups in total. The molecule has 2 aromatic heterocycles. The number of nitrogens with zero attached hydrogens (tertiary/aromatic N) is 5. The Morgan fingerprint density at radius 3 is 2.23 bits per heavy atom. The summed E-state index contributed by atoms with van der Waals surface area (Å²) in [5.74, 6) is -1.51. The maximum Gasteiger partial charge on any atom is 0.573 e. The second-order valence-electron chi connectivity index (χ2n) is 7.07. The van der Waals surface area contributed by atoms with Crippen LogP contribution in [0.2, 0.25) is 0 Å². The van der Waals surface area contributed by atoms with Crippen LogP contribution in [0.1, 0.15) is 30.8 Å². The summed E-state index contributed by atoms with van der Waals surface area (Å²) in [5, 5.41) is 9.63. The van der Waals surface area contributed by atoms with Gasteiger partial charge in [0.15, 0.2) is 0 Å². The molecule has 0 bridgehead atoms. The number of sulfonamides is 1. The number of benzene rings is 1. The van der Waals surface area contributed by atoms with E-state index in [1.54, 1.807) is 6.92 Å². The van der Waals surface area contributed by atoms with Gasteiger partial charge < -0.3 is 14.5 Å². The first-order valence-corrected chi connectivity index (χ1v) is 11.7. The lowest BCUT2D eigenvalue weighted by atomic mass is 10.1. The standard InChI is InChI=1S/C19H19F5N6O4S/c1-3-30(35(2,31)32)10-14(11-4-6-13(7-5-11)34-19(22,23)24)27-18-25-8-12(9-26-18)16-28-29-17(33-16)15(20)21/h4-9,14-15H,3,10H2,1-2H3,(H,25,26,27). The highest BCUT2D eigenvalue weighted by atomic mass is 32.2. The van der Waals surface area contributed by atoms with E-state index in [-0.39, 0.29) is 30.5 Å². The van der Waals surface area contributed by atoms with E-state index in [2.05, 4.69) is 30.2 Å². The van der Waals surface area contributed by atoms with Crippen molar-refractivity contribution in [2.45, 2.75) is 25.8 Å². The molecule has 0 aliphatic heterocycles. The van der Waals surface area contributed by atoms with Gasteiger partial charge in [0.1, 0.15) is 5.75 Å². The van der Waals surface area contributed by atoms with Crippen molar-refractivity contribution in [1.29, 1.82) is 0 Å². The lowest BCUT2D eigenvalue weighted by Gasteiger charge is -2.26. The fourth-order valence-corrected chi connectivity index (χ4v) is 3.84. The molecule has 2 heterocycles. The molecule has 3 aromatic rings. The molecular formula is C19H19F5N6O4S. The summed E-state index contributed by atoms with van der Waals surface area (Å²) in [6.45, 7) is 1.67. The number of aromatic nitrogens is 4. The van der Waals surface area contributed by atoms with Crippen molar-refractivity contribution in [2.75, 3.05) is 24.7 Å². The van der Waals surface area contributed by atoms with Crippen LogP contribution in [0.3, 0.4) is 0 Å². The fraction of sp³-hybridized carbons (Fsp3) is 0.368. The van der Waals surface area contributed by atoms with Crippen LogP contribution in [-0.2, 0) is 10.0 Å². The van der Waals surface area contributed by atoms with Crippen LogP contribution in [0.4, 0.5) is 27.9 Å². The highest BCUT2D eigenvalue weighted by molar-refractivity contribution is 7.88. The number of rotatable bonds is 10. The molecule has 190 valence electrons.